The van der Waals surface area contributed by atoms with E-state index in [4.69, 9.17) is 4.74 Å². The van der Waals surface area contributed by atoms with Crippen molar-refractivity contribution in [2.75, 3.05) is 38.6 Å². The molecule has 5 nitrogen and oxygen atoms in total. The lowest BCUT2D eigenvalue weighted by Gasteiger charge is -2.37. The van der Waals surface area contributed by atoms with Crippen molar-refractivity contribution in [1.82, 2.24) is 9.80 Å². The number of nitrogens with one attached hydrogen (secondary N) is 1. The average Bonchev–Trinajstić information content (AvgIpc) is 2.71. The fourth-order valence-electron chi connectivity index (χ4n) is 3.85. The van der Waals surface area contributed by atoms with Crippen LogP contribution in [0.25, 0.3) is 0 Å². The third kappa shape index (κ3) is 5.37. The van der Waals surface area contributed by atoms with E-state index in [1.54, 1.807) is 7.11 Å². The standard InChI is InChI=1S/C24H33N3O2/c1-17-7-9-23(29-5)21(14-17)16-26-10-12-27(13-11-26)20(4)24(28)25-22-15-18(2)6-8-19(22)3/h6-9,14-15,20H,10-13,16H2,1-5H3,(H,25,28). The average molecular weight is 396 g/mol. The fourth-order valence-corrected chi connectivity index (χ4v) is 3.85. The van der Waals surface area contributed by atoms with Crippen molar-refractivity contribution in [3.8, 4) is 5.75 Å². The number of aryl methyl sites for hydroxylation is 3. The lowest BCUT2D eigenvalue weighted by molar-refractivity contribution is -0.121. The van der Waals surface area contributed by atoms with Gasteiger partial charge in [0.05, 0.1) is 13.2 Å². The van der Waals surface area contributed by atoms with Gasteiger partial charge in [-0.3, -0.25) is 14.6 Å². The van der Waals surface area contributed by atoms with E-state index in [2.05, 4.69) is 40.2 Å². The van der Waals surface area contributed by atoms with Crippen LogP contribution in [-0.4, -0.2) is 55.0 Å². The Bertz CT molecular complexity index is 857. The van der Waals surface area contributed by atoms with Crippen molar-refractivity contribution in [1.29, 1.82) is 0 Å². The highest BCUT2D eigenvalue weighted by Crippen LogP contribution is 2.22. The van der Waals surface area contributed by atoms with Crippen LogP contribution < -0.4 is 10.1 Å². The highest BCUT2D eigenvalue weighted by Gasteiger charge is 2.26. The topological polar surface area (TPSA) is 44.8 Å². The molecular weight excluding hydrogens is 362 g/mol. The van der Waals surface area contributed by atoms with Crippen LogP contribution >= 0.6 is 0 Å². The van der Waals surface area contributed by atoms with Crippen LogP contribution in [0, 0.1) is 20.8 Å². The van der Waals surface area contributed by atoms with Crippen molar-refractivity contribution in [3.63, 3.8) is 0 Å². The number of hydrogen-bond donors (Lipinski definition) is 1. The molecular formula is C24H33N3O2. The molecule has 0 saturated carbocycles. The highest BCUT2D eigenvalue weighted by atomic mass is 16.5. The largest absolute Gasteiger partial charge is 0.496 e. The summed E-state index contributed by atoms with van der Waals surface area (Å²) in [4.78, 5) is 17.5. The number of benzene rings is 2. The number of carbonyl (C=O) groups is 1. The molecule has 2 aromatic carbocycles. The Labute approximate surface area is 174 Å². The van der Waals surface area contributed by atoms with E-state index in [1.807, 2.05) is 39.0 Å². The highest BCUT2D eigenvalue weighted by molar-refractivity contribution is 5.95. The third-order valence-electron chi connectivity index (χ3n) is 5.81. The van der Waals surface area contributed by atoms with Crippen LogP contribution in [0.5, 0.6) is 5.75 Å². The predicted octanol–water partition coefficient (Wildman–Crippen LogP) is 3.77. The number of methoxy groups -OCH3 is 1. The van der Waals surface area contributed by atoms with Gasteiger partial charge in [-0.25, -0.2) is 0 Å². The van der Waals surface area contributed by atoms with E-state index >= 15 is 0 Å². The zero-order chi connectivity index (χ0) is 21.0. The lowest BCUT2D eigenvalue weighted by Crippen LogP contribution is -2.52. The van der Waals surface area contributed by atoms with E-state index < -0.39 is 0 Å². The number of nitrogens with zero attached hydrogens (tertiary/aromatic N) is 2. The lowest BCUT2D eigenvalue weighted by atomic mass is 10.1. The normalized spacial score (nSPS) is 16.4. The molecule has 3 rings (SSSR count). The smallest absolute Gasteiger partial charge is 0.241 e. The van der Waals surface area contributed by atoms with Gasteiger partial charge < -0.3 is 10.1 Å². The number of anilines is 1. The van der Waals surface area contributed by atoms with Gasteiger partial charge >= 0.3 is 0 Å². The fraction of sp³-hybridized carbons (Fsp3) is 0.458. The first kappa shape index (κ1) is 21.3. The third-order valence-corrected chi connectivity index (χ3v) is 5.81. The molecule has 1 N–H and O–H groups in total. The second-order valence-corrected chi connectivity index (χ2v) is 8.11. The zero-order valence-corrected chi connectivity index (χ0v) is 18.3. The summed E-state index contributed by atoms with van der Waals surface area (Å²) in [5.74, 6) is 1.01. The Morgan fingerprint density at radius 1 is 1.03 bits per heavy atom. The molecule has 0 radical (unpaired) electrons. The number of carbonyl (C=O) groups excluding carboxylic acids is 1. The monoisotopic (exact) mass is 395 g/mol. The minimum absolute atomic E-state index is 0.0625. The Morgan fingerprint density at radius 3 is 2.38 bits per heavy atom. The molecule has 29 heavy (non-hydrogen) atoms. The summed E-state index contributed by atoms with van der Waals surface area (Å²) >= 11 is 0. The molecule has 1 heterocycles. The molecule has 2 aromatic rings. The number of ether oxygens (including phenoxy) is 1. The quantitative estimate of drug-likeness (QED) is 0.809. The molecule has 0 spiro atoms. The summed E-state index contributed by atoms with van der Waals surface area (Å²) in [6.07, 6.45) is 0. The maximum atomic E-state index is 12.8. The van der Waals surface area contributed by atoms with E-state index in [0.29, 0.717) is 0 Å². The Hall–Kier alpha value is -2.37. The van der Waals surface area contributed by atoms with Crippen LogP contribution in [0.2, 0.25) is 0 Å². The number of piperazine rings is 1. The van der Waals surface area contributed by atoms with Gasteiger partial charge in [-0.05, 0) is 51.0 Å². The Balaban J connectivity index is 1.55. The second-order valence-electron chi connectivity index (χ2n) is 8.11. The zero-order valence-electron chi connectivity index (χ0n) is 18.3. The van der Waals surface area contributed by atoms with Crippen LogP contribution in [-0.2, 0) is 11.3 Å². The van der Waals surface area contributed by atoms with Gasteiger partial charge in [-0.1, -0.05) is 29.8 Å². The maximum Gasteiger partial charge on any atom is 0.241 e. The first-order valence-corrected chi connectivity index (χ1v) is 10.4. The number of amides is 1. The summed E-state index contributed by atoms with van der Waals surface area (Å²) in [5.41, 5.74) is 5.62. The molecule has 156 valence electrons. The van der Waals surface area contributed by atoms with Crippen LogP contribution in [0.15, 0.2) is 36.4 Å². The maximum absolute atomic E-state index is 12.8. The summed E-state index contributed by atoms with van der Waals surface area (Å²) in [6, 6.07) is 12.3. The van der Waals surface area contributed by atoms with E-state index in [-0.39, 0.29) is 11.9 Å². The molecule has 1 atom stereocenters. The van der Waals surface area contributed by atoms with Gasteiger partial charge in [0.2, 0.25) is 5.91 Å². The molecule has 5 heteroatoms. The van der Waals surface area contributed by atoms with Crippen molar-refractivity contribution in [2.24, 2.45) is 0 Å². The van der Waals surface area contributed by atoms with Crippen LogP contribution in [0.4, 0.5) is 5.69 Å². The van der Waals surface area contributed by atoms with Gasteiger partial charge in [0, 0.05) is 44.0 Å². The molecule has 1 fully saturated rings. The molecule has 1 amide bonds. The molecule has 0 aliphatic carbocycles. The Kier molecular flexibility index (Phi) is 6.93. The van der Waals surface area contributed by atoms with Gasteiger partial charge in [-0.2, -0.15) is 0 Å². The molecule has 1 saturated heterocycles. The first-order chi connectivity index (χ1) is 13.9. The van der Waals surface area contributed by atoms with Crippen LogP contribution in [0.1, 0.15) is 29.2 Å². The summed E-state index contributed by atoms with van der Waals surface area (Å²) < 4.78 is 5.52. The minimum Gasteiger partial charge on any atom is -0.496 e. The van der Waals surface area contributed by atoms with Crippen LogP contribution in [0.3, 0.4) is 0 Å². The first-order valence-electron chi connectivity index (χ1n) is 10.4. The number of rotatable bonds is 6. The minimum atomic E-state index is -0.148. The molecule has 1 aliphatic rings. The van der Waals surface area contributed by atoms with Gasteiger partial charge in [-0.15, -0.1) is 0 Å². The van der Waals surface area contributed by atoms with E-state index in [1.165, 1.54) is 11.1 Å². The van der Waals surface area contributed by atoms with Crippen molar-refractivity contribution in [3.05, 3.63) is 58.7 Å². The molecule has 1 aliphatic heterocycles. The second kappa shape index (κ2) is 9.42. The number of hydrogen-bond acceptors (Lipinski definition) is 4. The van der Waals surface area contributed by atoms with Gasteiger partial charge in [0.15, 0.2) is 0 Å². The molecule has 0 aromatic heterocycles. The molecule has 0 bridgehead atoms. The summed E-state index contributed by atoms with van der Waals surface area (Å²) in [5, 5.41) is 3.11. The Morgan fingerprint density at radius 2 is 1.69 bits per heavy atom. The SMILES string of the molecule is COc1ccc(C)cc1CN1CCN(C(C)C(=O)Nc2cc(C)ccc2C)CC1. The van der Waals surface area contributed by atoms with Crippen molar-refractivity contribution in [2.45, 2.75) is 40.3 Å². The summed E-state index contributed by atoms with van der Waals surface area (Å²) in [6.45, 7) is 12.7. The van der Waals surface area contributed by atoms with Gasteiger partial charge in [0.1, 0.15) is 5.75 Å². The molecule has 1 unspecified atom stereocenters. The predicted molar refractivity (Wildman–Crippen MR) is 119 cm³/mol. The van der Waals surface area contributed by atoms with Gasteiger partial charge in [0.25, 0.3) is 0 Å². The summed E-state index contributed by atoms with van der Waals surface area (Å²) in [7, 11) is 1.72. The van der Waals surface area contributed by atoms with E-state index in [0.717, 1.165) is 55.3 Å². The van der Waals surface area contributed by atoms with Crippen molar-refractivity contribution < 1.29 is 9.53 Å². The van der Waals surface area contributed by atoms with E-state index in [9.17, 15) is 4.79 Å². The van der Waals surface area contributed by atoms with Crippen molar-refractivity contribution >= 4 is 11.6 Å².